The predicted molar refractivity (Wildman–Crippen MR) is 85.8 cm³/mol. The molecule has 0 aromatic carbocycles. The minimum absolute atomic E-state index is 0. The molecule has 0 amide bonds. The van der Waals surface area contributed by atoms with E-state index in [0.29, 0.717) is 0 Å². The van der Waals surface area contributed by atoms with Crippen LogP contribution in [0.2, 0.25) is 13.6 Å². The van der Waals surface area contributed by atoms with Crippen molar-refractivity contribution in [3.63, 3.8) is 0 Å². The molecular formula is C13H42BO2. The van der Waals surface area contributed by atoms with Gasteiger partial charge >= 0.3 is 0 Å². The third-order valence-electron chi connectivity index (χ3n) is 0.934. The lowest BCUT2D eigenvalue weighted by atomic mass is 9.88. The van der Waals surface area contributed by atoms with Gasteiger partial charge in [0.05, 0.1) is 6.10 Å². The lowest BCUT2D eigenvalue weighted by molar-refractivity contribution is -0.0432. The van der Waals surface area contributed by atoms with E-state index in [4.69, 9.17) is 9.84 Å². The van der Waals surface area contributed by atoms with Crippen LogP contribution in [-0.4, -0.2) is 25.3 Å². The van der Waals surface area contributed by atoms with Gasteiger partial charge in [0.15, 0.2) is 0 Å². The summed E-state index contributed by atoms with van der Waals surface area (Å²) in [5.74, 6) is 0. The highest BCUT2D eigenvalue weighted by atomic mass is 16.6. The highest BCUT2D eigenvalue weighted by molar-refractivity contribution is 6.31. The number of hydrogen-bond donors (Lipinski definition) is 1. The molecule has 0 aliphatic rings. The monoisotopic (exact) mass is 241 g/mol. The minimum atomic E-state index is -0.158. The Bertz CT molecular complexity index is 53.2. The van der Waals surface area contributed by atoms with Gasteiger partial charge < -0.3 is 9.84 Å². The lowest BCUT2D eigenvalue weighted by Gasteiger charge is -2.04. The maximum atomic E-state index is 8.15. The van der Waals surface area contributed by atoms with Gasteiger partial charge in [0, 0.05) is 0 Å². The second-order valence-electron chi connectivity index (χ2n) is 2.09. The normalized spacial score (nSPS) is 7.06. The van der Waals surface area contributed by atoms with Crippen LogP contribution >= 0.6 is 0 Å². The second-order valence-corrected chi connectivity index (χ2v) is 2.09. The van der Waals surface area contributed by atoms with E-state index in [1.807, 2.05) is 34.8 Å². The van der Waals surface area contributed by atoms with E-state index in [9.17, 15) is 0 Å². The molecule has 1 atom stereocenters. The first-order chi connectivity index (χ1) is 4.72. The summed E-state index contributed by atoms with van der Waals surface area (Å²) in [6.07, 6.45) is 1.16. The molecule has 0 aliphatic carbocycles. The summed E-state index contributed by atoms with van der Waals surface area (Å²) in [5, 5.41) is 8.15. The van der Waals surface area contributed by atoms with Crippen LogP contribution in [0, 0.1) is 0 Å². The third-order valence-corrected chi connectivity index (χ3v) is 0.934. The van der Waals surface area contributed by atoms with Crippen LogP contribution in [0.25, 0.3) is 0 Å². The van der Waals surface area contributed by atoms with E-state index >= 15 is 0 Å². The molecule has 3 heteroatoms. The highest BCUT2D eigenvalue weighted by Gasteiger charge is 1.92. The van der Waals surface area contributed by atoms with E-state index in [-0.39, 0.29) is 57.5 Å². The molecule has 0 saturated carbocycles. The molecule has 16 heavy (non-hydrogen) atoms. The van der Waals surface area contributed by atoms with Gasteiger partial charge in [-0.1, -0.05) is 65.1 Å². The van der Waals surface area contributed by atoms with Crippen LogP contribution < -0.4 is 0 Å². The van der Waals surface area contributed by atoms with Gasteiger partial charge in [-0.25, -0.2) is 0 Å². The summed E-state index contributed by atoms with van der Waals surface area (Å²) < 4.78 is 4.75. The number of aliphatic hydroxyl groups is 1. The van der Waals surface area contributed by atoms with E-state index in [2.05, 4.69) is 0 Å². The summed E-state index contributed by atoms with van der Waals surface area (Å²) in [6, 6.07) is 0. The van der Waals surface area contributed by atoms with Crippen LogP contribution in [0.4, 0.5) is 0 Å². The smallest absolute Gasteiger partial charge is 0.143 e. The molecule has 0 bridgehead atoms. The Morgan fingerprint density at radius 3 is 1.31 bits per heavy atom. The number of rotatable bonds is 3. The zero-order valence-electron chi connectivity index (χ0n) is 7.42. The zero-order chi connectivity index (χ0) is 8.41. The second kappa shape index (κ2) is 60.1. The average Bonchev–Trinajstić information content (AvgIpc) is 1.90. The largest absolute Gasteiger partial charge is 0.371 e. The summed E-state index contributed by atoms with van der Waals surface area (Å²) in [7, 11) is 2.00. The predicted octanol–water partition coefficient (Wildman–Crippen LogP) is 5.35. The summed E-state index contributed by atoms with van der Waals surface area (Å²) in [5.41, 5.74) is 0. The molecule has 109 valence electrons. The van der Waals surface area contributed by atoms with E-state index < -0.39 is 0 Å². The fourth-order valence-corrected chi connectivity index (χ4v) is 0.245. The zero-order valence-corrected chi connectivity index (χ0v) is 7.42. The van der Waals surface area contributed by atoms with Crippen molar-refractivity contribution in [2.75, 3.05) is 6.79 Å². The summed E-state index contributed by atoms with van der Waals surface area (Å²) in [6.45, 7) is 7.78. The SMILES string of the molecule is C.C.C.C.C.C.CCC(C)OCO.C[B]C. The number of ether oxygens (including phenoxy) is 1. The maximum Gasteiger partial charge on any atom is 0.143 e. The Morgan fingerprint density at radius 2 is 1.25 bits per heavy atom. The van der Waals surface area contributed by atoms with Gasteiger partial charge in [-0.3, -0.25) is 0 Å². The Balaban J connectivity index is -0.0000000109. The molecule has 0 heterocycles. The highest BCUT2D eigenvalue weighted by Crippen LogP contribution is 1.92. The van der Waals surface area contributed by atoms with Crippen LogP contribution in [0.3, 0.4) is 0 Å². The molecule has 0 saturated heterocycles. The molecule has 0 rings (SSSR count). The molecule has 1 N–H and O–H groups in total. The van der Waals surface area contributed by atoms with Gasteiger partial charge in [-0.2, -0.15) is 0 Å². The van der Waals surface area contributed by atoms with Gasteiger partial charge in [-0.15, -0.1) is 0 Å². The molecular weight excluding hydrogens is 199 g/mol. The van der Waals surface area contributed by atoms with Crippen molar-refractivity contribution in [3.05, 3.63) is 0 Å². The number of hydrogen-bond acceptors (Lipinski definition) is 2. The van der Waals surface area contributed by atoms with Gasteiger partial charge in [0.1, 0.15) is 14.1 Å². The van der Waals surface area contributed by atoms with E-state index in [1.54, 1.807) is 0 Å². The van der Waals surface area contributed by atoms with Crippen LogP contribution in [0.15, 0.2) is 0 Å². The number of aliphatic hydroxyl groups excluding tert-OH is 1. The van der Waals surface area contributed by atoms with Crippen molar-refractivity contribution >= 4 is 7.28 Å². The maximum absolute atomic E-state index is 8.15. The van der Waals surface area contributed by atoms with Crippen LogP contribution in [0.5, 0.6) is 0 Å². The first-order valence-electron chi connectivity index (χ1n) is 3.69. The molecule has 2 nitrogen and oxygen atoms in total. The topological polar surface area (TPSA) is 29.5 Å². The molecule has 0 aromatic heterocycles. The fourth-order valence-electron chi connectivity index (χ4n) is 0.245. The van der Waals surface area contributed by atoms with E-state index in [1.165, 1.54) is 0 Å². The van der Waals surface area contributed by atoms with Crippen molar-refractivity contribution in [3.8, 4) is 0 Å². The van der Waals surface area contributed by atoms with Crippen molar-refractivity contribution in [2.45, 2.75) is 84.6 Å². The Morgan fingerprint density at radius 1 is 1.00 bits per heavy atom. The molecule has 0 spiro atoms. The van der Waals surface area contributed by atoms with Crippen molar-refractivity contribution in [2.24, 2.45) is 0 Å². The van der Waals surface area contributed by atoms with Crippen LogP contribution in [0.1, 0.15) is 64.8 Å². The Hall–Kier alpha value is -0.0151. The van der Waals surface area contributed by atoms with Gasteiger partial charge in [0.2, 0.25) is 0 Å². The van der Waals surface area contributed by atoms with Gasteiger partial charge in [0.25, 0.3) is 0 Å². The summed E-state index contributed by atoms with van der Waals surface area (Å²) >= 11 is 0. The van der Waals surface area contributed by atoms with Crippen molar-refractivity contribution in [1.82, 2.24) is 0 Å². The Labute approximate surface area is 109 Å². The molecule has 0 fully saturated rings. The average molecular weight is 241 g/mol. The Kier molecular flexibility index (Phi) is 211. The summed E-state index contributed by atoms with van der Waals surface area (Å²) in [4.78, 5) is 0. The lowest BCUT2D eigenvalue weighted by Crippen LogP contribution is -2.06. The van der Waals surface area contributed by atoms with Crippen LogP contribution in [-0.2, 0) is 4.74 Å². The van der Waals surface area contributed by atoms with Crippen molar-refractivity contribution in [1.29, 1.82) is 0 Å². The molecule has 0 aliphatic heterocycles. The van der Waals surface area contributed by atoms with Gasteiger partial charge in [-0.05, 0) is 13.3 Å². The van der Waals surface area contributed by atoms with Crippen molar-refractivity contribution < 1.29 is 9.84 Å². The first kappa shape index (κ1) is 56.3. The third kappa shape index (κ3) is 94.9. The molecule has 0 aromatic rings. The molecule has 1 radical (unpaired) electrons. The first-order valence-corrected chi connectivity index (χ1v) is 3.69. The fraction of sp³-hybridized carbons (Fsp3) is 1.00. The minimum Gasteiger partial charge on any atom is -0.371 e. The standard InChI is InChI=1S/C5H12O2.C2H6B.6CH4/c1-3-5(2)7-4-6;1-3-2;;;;;;/h5-6H,3-4H2,1-2H3;1-2H3;6*1H4. The molecule has 1 unspecified atom stereocenters. The quantitative estimate of drug-likeness (QED) is 0.532. The van der Waals surface area contributed by atoms with E-state index in [0.717, 1.165) is 6.42 Å².